The zero-order valence-electron chi connectivity index (χ0n) is 20.2. The van der Waals surface area contributed by atoms with Gasteiger partial charge in [-0.25, -0.2) is 19.3 Å². The number of halogens is 1. The molecular weight excluding hydrogens is 463 g/mol. The Balaban J connectivity index is 1.24. The van der Waals surface area contributed by atoms with Gasteiger partial charge in [0.2, 0.25) is 0 Å². The molecule has 2 fully saturated rings. The van der Waals surface area contributed by atoms with Crippen LogP contribution in [0.15, 0.2) is 30.6 Å². The highest BCUT2D eigenvalue weighted by Gasteiger charge is 2.41. The zero-order valence-corrected chi connectivity index (χ0v) is 20.2. The SMILES string of the molecule is CC[C@@H]1CC[C@H](F)[C@H](N(c2cnc(-c3ccc(-c4cnc5c(n4)OCCO5)cc3O)nn2)C2CC2)C1. The predicted molar refractivity (Wildman–Crippen MR) is 131 cm³/mol. The van der Waals surface area contributed by atoms with Gasteiger partial charge in [0.1, 0.15) is 25.1 Å². The molecule has 0 amide bonds. The molecule has 0 spiro atoms. The fourth-order valence-electron chi connectivity index (χ4n) is 5.19. The van der Waals surface area contributed by atoms with Gasteiger partial charge in [0.25, 0.3) is 11.8 Å². The number of phenols is 1. The maximum Gasteiger partial charge on any atom is 0.278 e. The van der Waals surface area contributed by atoms with Crippen molar-refractivity contribution in [1.29, 1.82) is 0 Å². The van der Waals surface area contributed by atoms with Crippen molar-refractivity contribution >= 4 is 5.82 Å². The minimum atomic E-state index is -0.866. The molecule has 0 saturated heterocycles. The lowest BCUT2D eigenvalue weighted by atomic mass is 9.82. The summed E-state index contributed by atoms with van der Waals surface area (Å²) in [5.74, 6) is 2.15. The Bertz CT molecular complexity index is 1240. The van der Waals surface area contributed by atoms with E-state index in [0.717, 1.165) is 32.1 Å². The highest BCUT2D eigenvalue weighted by molar-refractivity contribution is 5.71. The summed E-state index contributed by atoms with van der Waals surface area (Å²) in [7, 11) is 0. The molecule has 0 radical (unpaired) electrons. The summed E-state index contributed by atoms with van der Waals surface area (Å²) in [6.07, 6.45) is 7.89. The largest absolute Gasteiger partial charge is 0.507 e. The fourth-order valence-corrected chi connectivity index (χ4v) is 5.19. The molecule has 0 bridgehead atoms. The van der Waals surface area contributed by atoms with E-state index >= 15 is 0 Å². The highest BCUT2D eigenvalue weighted by Crippen LogP contribution is 2.40. The molecule has 3 aliphatic rings. The van der Waals surface area contributed by atoms with Crippen LogP contribution in [0.25, 0.3) is 22.6 Å². The minimum absolute atomic E-state index is 0.000298. The molecule has 6 rings (SSSR count). The molecule has 188 valence electrons. The summed E-state index contributed by atoms with van der Waals surface area (Å²) in [5.41, 5.74) is 1.67. The highest BCUT2D eigenvalue weighted by atomic mass is 19.1. The van der Waals surface area contributed by atoms with Crippen molar-refractivity contribution in [2.45, 2.75) is 63.7 Å². The third-order valence-corrected chi connectivity index (χ3v) is 7.34. The van der Waals surface area contributed by atoms with Crippen LogP contribution >= 0.6 is 0 Å². The first-order valence-corrected chi connectivity index (χ1v) is 12.7. The van der Waals surface area contributed by atoms with Crippen LogP contribution in [0.3, 0.4) is 0 Å². The fraction of sp³-hybridized carbons (Fsp3) is 0.500. The average Bonchev–Trinajstić information content (AvgIpc) is 3.75. The van der Waals surface area contributed by atoms with Crippen LogP contribution in [0.1, 0.15) is 45.4 Å². The first-order chi connectivity index (χ1) is 17.6. The molecule has 3 heterocycles. The number of rotatable bonds is 6. The molecule has 2 saturated carbocycles. The number of benzene rings is 1. The van der Waals surface area contributed by atoms with Crippen molar-refractivity contribution in [3.8, 4) is 40.2 Å². The van der Waals surface area contributed by atoms with Gasteiger partial charge in [-0.15, -0.1) is 10.2 Å². The smallest absolute Gasteiger partial charge is 0.278 e. The van der Waals surface area contributed by atoms with Gasteiger partial charge < -0.3 is 19.5 Å². The normalized spacial score (nSPS) is 23.3. The van der Waals surface area contributed by atoms with Gasteiger partial charge in [-0.3, -0.25) is 0 Å². The standard InChI is InChI=1S/C26H29FN6O3/c1-2-15-3-8-19(27)21(11-15)33(17-5-6-17)23-14-28-24(32-31-23)18-7-4-16(12-22(18)34)20-13-29-25-26(30-20)36-10-9-35-25/h4,7,12-15,17,19,21,34H,2-3,5-6,8-11H2,1H3/t15-,19+,21-/m1/s1. The van der Waals surface area contributed by atoms with Gasteiger partial charge in [-0.2, -0.15) is 0 Å². The number of ether oxygens (including phenoxy) is 2. The molecule has 3 aromatic rings. The van der Waals surface area contributed by atoms with Crippen LogP contribution in [-0.4, -0.2) is 61.7 Å². The van der Waals surface area contributed by atoms with Crippen LogP contribution in [0.5, 0.6) is 17.5 Å². The lowest BCUT2D eigenvalue weighted by molar-refractivity contribution is 0.157. The van der Waals surface area contributed by atoms with E-state index in [1.807, 2.05) is 6.07 Å². The Labute approximate surface area is 208 Å². The minimum Gasteiger partial charge on any atom is -0.507 e. The third kappa shape index (κ3) is 4.40. The Morgan fingerprint density at radius 3 is 2.58 bits per heavy atom. The van der Waals surface area contributed by atoms with Crippen LogP contribution in [0.2, 0.25) is 0 Å². The topological polar surface area (TPSA) is 106 Å². The summed E-state index contributed by atoms with van der Waals surface area (Å²) in [4.78, 5) is 15.3. The van der Waals surface area contributed by atoms with Crippen LogP contribution in [0.4, 0.5) is 10.2 Å². The van der Waals surface area contributed by atoms with E-state index in [9.17, 15) is 9.50 Å². The maximum atomic E-state index is 15.0. The second kappa shape index (κ2) is 9.48. The second-order valence-corrected chi connectivity index (χ2v) is 9.74. The quantitative estimate of drug-likeness (QED) is 0.537. The number of anilines is 1. The number of aromatic hydroxyl groups is 1. The van der Waals surface area contributed by atoms with Crippen molar-refractivity contribution in [1.82, 2.24) is 25.1 Å². The Morgan fingerprint density at radius 2 is 1.86 bits per heavy atom. The molecule has 0 unspecified atom stereocenters. The summed E-state index contributed by atoms with van der Waals surface area (Å²) in [5, 5.41) is 19.5. The lowest BCUT2D eigenvalue weighted by Gasteiger charge is -2.40. The predicted octanol–water partition coefficient (Wildman–Crippen LogP) is 4.36. The van der Waals surface area contributed by atoms with Crippen molar-refractivity contribution < 1.29 is 19.0 Å². The second-order valence-electron chi connectivity index (χ2n) is 9.74. The van der Waals surface area contributed by atoms with Crippen LogP contribution in [0, 0.1) is 5.92 Å². The number of hydrogen-bond donors (Lipinski definition) is 1. The number of alkyl halides is 1. The van der Waals surface area contributed by atoms with E-state index in [4.69, 9.17) is 9.47 Å². The molecule has 1 N–H and O–H groups in total. The Kier molecular flexibility index (Phi) is 6.02. The van der Waals surface area contributed by atoms with Gasteiger partial charge in [0, 0.05) is 11.6 Å². The average molecular weight is 493 g/mol. The molecule has 10 heteroatoms. The Morgan fingerprint density at radius 1 is 1.03 bits per heavy atom. The van der Waals surface area contributed by atoms with Crippen LogP contribution < -0.4 is 14.4 Å². The van der Waals surface area contributed by atoms with E-state index in [-0.39, 0.29) is 11.8 Å². The first-order valence-electron chi connectivity index (χ1n) is 12.7. The number of hydrogen-bond acceptors (Lipinski definition) is 9. The van der Waals surface area contributed by atoms with Crippen molar-refractivity contribution in [2.75, 3.05) is 18.1 Å². The van der Waals surface area contributed by atoms with E-state index in [0.29, 0.717) is 71.8 Å². The Hall–Kier alpha value is -3.56. The van der Waals surface area contributed by atoms with E-state index < -0.39 is 6.17 Å². The zero-order chi connectivity index (χ0) is 24.6. The molecule has 2 aromatic heterocycles. The van der Waals surface area contributed by atoms with Gasteiger partial charge in [-0.05, 0) is 50.2 Å². The summed E-state index contributed by atoms with van der Waals surface area (Å²) >= 11 is 0. The number of fused-ring (bicyclic) bond motifs is 1. The van der Waals surface area contributed by atoms with Gasteiger partial charge in [0.05, 0.1) is 29.7 Å². The van der Waals surface area contributed by atoms with Crippen molar-refractivity contribution in [3.63, 3.8) is 0 Å². The molecular formula is C26H29FN6O3. The molecule has 3 atom stereocenters. The molecule has 1 aliphatic heterocycles. The number of nitrogens with zero attached hydrogens (tertiary/aromatic N) is 6. The van der Waals surface area contributed by atoms with E-state index in [2.05, 4.69) is 37.0 Å². The summed E-state index contributed by atoms with van der Waals surface area (Å²) in [6, 6.07) is 5.24. The molecule has 9 nitrogen and oxygen atoms in total. The number of phenolic OH excluding ortho intramolecular Hbond substituents is 1. The van der Waals surface area contributed by atoms with Crippen molar-refractivity contribution in [3.05, 3.63) is 30.6 Å². The van der Waals surface area contributed by atoms with E-state index in [1.165, 1.54) is 0 Å². The van der Waals surface area contributed by atoms with Gasteiger partial charge in [0.15, 0.2) is 11.6 Å². The van der Waals surface area contributed by atoms with Crippen LogP contribution in [-0.2, 0) is 0 Å². The van der Waals surface area contributed by atoms with E-state index in [1.54, 1.807) is 24.5 Å². The van der Waals surface area contributed by atoms with Gasteiger partial charge >= 0.3 is 0 Å². The van der Waals surface area contributed by atoms with Gasteiger partial charge in [-0.1, -0.05) is 19.4 Å². The maximum absolute atomic E-state index is 15.0. The molecule has 2 aliphatic carbocycles. The lowest BCUT2D eigenvalue weighted by Crippen LogP contribution is -2.47. The molecule has 1 aromatic carbocycles. The first kappa shape index (κ1) is 22.9. The molecule has 36 heavy (non-hydrogen) atoms. The third-order valence-electron chi connectivity index (χ3n) is 7.34. The summed E-state index contributed by atoms with van der Waals surface area (Å²) in [6.45, 7) is 3.03. The number of aromatic nitrogens is 5. The monoisotopic (exact) mass is 492 g/mol. The van der Waals surface area contributed by atoms with Crippen molar-refractivity contribution in [2.24, 2.45) is 5.92 Å². The summed E-state index contributed by atoms with van der Waals surface area (Å²) < 4.78 is 25.9.